The van der Waals surface area contributed by atoms with Gasteiger partial charge in [0.15, 0.2) is 0 Å². The number of hydrogen-bond acceptors (Lipinski definition) is 7. The highest BCUT2D eigenvalue weighted by Gasteiger charge is 2.28. The molecule has 4 atom stereocenters. The Hall–Kier alpha value is -2.63. The van der Waals surface area contributed by atoms with Gasteiger partial charge in [-0.25, -0.2) is 4.79 Å². The lowest BCUT2D eigenvalue weighted by Gasteiger charge is -2.22. The van der Waals surface area contributed by atoms with Crippen molar-refractivity contribution in [1.29, 1.82) is 0 Å². The fraction of sp³-hybridized carbons (Fsp3) is 0.500. The Labute approximate surface area is 185 Å². The Morgan fingerprint density at radius 3 is 2.16 bits per heavy atom. The fourth-order valence-corrected chi connectivity index (χ4v) is 3.06. The first-order chi connectivity index (χ1) is 14.7. The molecule has 0 spiro atoms. The van der Waals surface area contributed by atoms with Crippen LogP contribution in [0.4, 0.5) is 0 Å². The van der Waals surface area contributed by atoms with Crippen molar-refractivity contribution >= 4 is 35.5 Å². The van der Waals surface area contributed by atoms with Gasteiger partial charge in [0.25, 0.3) is 0 Å². The Kier molecular flexibility index (Phi) is 11.6. The van der Waals surface area contributed by atoms with E-state index in [-0.39, 0.29) is 6.42 Å². The maximum atomic E-state index is 12.4. The SMILES string of the molecule is CSCCC(N)C(=O)NC(CO)C(=O)NC(C)C(=O)NC(Cc1ccccc1)C(=O)O. The van der Waals surface area contributed by atoms with Crippen LogP contribution in [-0.2, 0) is 25.6 Å². The van der Waals surface area contributed by atoms with Gasteiger partial charge < -0.3 is 31.9 Å². The number of rotatable bonds is 13. The van der Waals surface area contributed by atoms with Gasteiger partial charge in [-0.3, -0.25) is 14.4 Å². The van der Waals surface area contributed by atoms with Crippen molar-refractivity contribution < 1.29 is 29.4 Å². The molecule has 11 heteroatoms. The van der Waals surface area contributed by atoms with Gasteiger partial charge in [0, 0.05) is 6.42 Å². The molecule has 0 bridgehead atoms. The number of aliphatic carboxylic acids is 1. The minimum atomic E-state index is -1.29. The molecule has 0 aromatic heterocycles. The van der Waals surface area contributed by atoms with Crippen molar-refractivity contribution in [3.8, 4) is 0 Å². The maximum absolute atomic E-state index is 12.4. The maximum Gasteiger partial charge on any atom is 0.326 e. The molecule has 0 aliphatic carbocycles. The summed E-state index contributed by atoms with van der Waals surface area (Å²) in [5.74, 6) is -2.64. The van der Waals surface area contributed by atoms with E-state index in [4.69, 9.17) is 5.73 Å². The van der Waals surface area contributed by atoms with E-state index in [1.165, 1.54) is 18.7 Å². The molecule has 0 fully saturated rings. The third-order valence-electron chi connectivity index (χ3n) is 4.43. The summed E-state index contributed by atoms with van der Waals surface area (Å²) in [6.07, 6.45) is 2.35. The highest BCUT2D eigenvalue weighted by atomic mass is 32.2. The summed E-state index contributed by atoms with van der Waals surface area (Å²) in [5, 5.41) is 25.9. The molecule has 1 aromatic carbocycles. The molecule has 7 N–H and O–H groups in total. The number of carbonyl (C=O) groups is 4. The zero-order valence-electron chi connectivity index (χ0n) is 17.5. The second kappa shape index (κ2) is 13.6. The van der Waals surface area contributed by atoms with Gasteiger partial charge in [-0.05, 0) is 30.9 Å². The highest BCUT2D eigenvalue weighted by molar-refractivity contribution is 7.98. The normalized spacial score (nSPS) is 14.6. The zero-order valence-corrected chi connectivity index (χ0v) is 18.4. The van der Waals surface area contributed by atoms with Crippen molar-refractivity contribution in [2.45, 2.75) is 43.9 Å². The van der Waals surface area contributed by atoms with Crippen LogP contribution in [0, 0.1) is 0 Å². The predicted molar refractivity (Wildman–Crippen MR) is 117 cm³/mol. The van der Waals surface area contributed by atoms with Crippen molar-refractivity contribution in [3.63, 3.8) is 0 Å². The van der Waals surface area contributed by atoms with E-state index < -0.39 is 54.5 Å². The Morgan fingerprint density at radius 2 is 1.61 bits per heavy atom. The van der Waals surface area contributed by atoms with Crippen LogP contribution in [0.3, 0.4) is 0 Å². The monoisotopic (exact) mass is 454 g/mol. The molecule has 1 rings (SSSR count). The minimum Gasteiger partial charge on any atom is -0.480 e. The molecule has 0 saturated carbocycles. The highest BCUT2D eigenvalue weighted by Crippen LogP contribution is 2.04. The van der Waals surface area contributed by atoms with Crippen LogP contribution in [0.5, 0.6) is 0 Å². The molecule has 0 aliphatic heterocycles. The summed E-state index contributed by atoms with van der Waals surface area (Å²) < 4.78 is 0. The average Bonchev–Trinajstić information content (AvgIpc) is 2.75. The van der Waals surface area contributed by atoms with Gasteiger partial charge in [-0.1, -0.05) is 30.3 Å². The van der Waals surface area contributed by atoms with Crippen molar-refractivity contribution in [1.82, 2.24) is 16.0 Å². The van der Waals surface area contributed by atoms with E-state index in [0.29, 0.717) is 12.2 Å². The number of nitrogens with two attached hydrogens (primary N) is 1. The van der Waals surface area contributed by atoms with Crippen molar-refractivity contribution in [2.24, 2.45) is 5.73 Å². The van der Waals surface area contributed by atoms with Crippen LogP contribution in [0.15, 0.2) is 30.3 Å². The van der Waals surface area contributed by atoms with Crippen LogP contribution >= 0.6 is 11.8 Å². The number of aliphatic hydroxyl groups is 1. The molecule has 172 valence electrons. The fourth-order valence-electron chi connectivity index (χ4n) is 2.57. The first kappa shape index (κ1) is 26.4. The summed E-state index contributed by atoms with van der Waals surface area (Å²) in [4.78, 5) is 48.3. The van der Waals surface area contributed by atoms with Crippen LogP contribution in [-0.4, -0.2) is 76.7 Å². The first-order valence-corrected chi connectivity index (χ1v) is 11.1. The molecule has 0 heterocycles. The molecule has 10 nitrogen and oxygen atoms in total. The topological polar surface area (TPSA) is 171 Å². The van der Waals surface area contributed by atoms with Crippen LogP contribution in [0.25, 0.3) is 0 Å². The molecular formula is C20H30N4O6S. The van der Waals surface area contributed by atoms with E-state index in [2.05, 4.69) is 16.0 Å². The Bertz CT molecular complexity index is 748. The van der Waals surface area contributed by atoms with Crippen LogP contribution < -0.4 is 21.7 Å². The number of hydrogen-bond donors (Lipinski definition) is 6. The molecule has 0 radical (unpaired) electrons. The summed E-state index contributed by atoms with van der Waals surface area (Å²) in [7, 11) is 0. The largest absolute Gasteiger partial charge is 0.480 e. The second-order valence-electron chi connectivity index (χ2n) is 6.95. The van der Waals surface area contributed by atoms with Crippen molar-refractivity contribution in [2.75, 3.05) is 18.6 Å². The third-order valence-corrected chi connectivity index (χ3v) is 5.08. The van der Waals surface area contributed by atoms with Crippen LogP contribution in [0.2, 0.25) is 0 Å². The molecule has 31 heavy (non-hydrogen) atoms. The van der Waals surface area contributed by atoms with Gasteiger partial charge in [-0.15, -0.1) is 0 Å². The molecule has 0 aliphatic rings. The standard InChI is InChI=1S/C20H30N4O6S/c1-12(17(26)23-15(20(29)30)10-13-6-4-3-5-7-13)22-19(28)16(11-25)24-18(27)14(21)8-9-31-2/h3-7,12,14-16,25H,8-11,21H2,1-2H3,(H,22,28)(H,23,26)(H,24,27)(H,29,30). The average molecular weight is 455 g/mol. The summed E-state index contributed by atoms with van der Waals surface area (Å²) >= 11 is 1.52. The van der Waals surface area contributed by atoms with Gasteiger partial charge >= 0.3 is 5.97 Å². The molecule has 0 saturated heterocycles. The number of nitrogens with one attached hydrogen (secondary N) is 3. The van der Waals surface area contributed by atoms with E-state index in [1.807, 2.05) is 6.26 Å². The first-order valence-electron chi connectivity index (χ1n) is 9.72. The van der Waals surface area contributed by atoms with Gasteiger partial charge in [0.1, 0.15) is 18.1 Å². The second-order valence-corrected chi connectivity index (χ2v) is 7.94. The quantitative estimate of drug-likeness (QED) is 0.217. The lowest BCUT2D eigenvalue weighted by Crippen LogP contribution is -2.57. The summed E-state index contributed by atoms with van der Waals surface area (Å²) in [6, 6.07) is 4.40. The zero-order chi connectivity index (χ0) is 23.4. The predicted octanol–water partition coefficient (Wildman–Crippen LogP) is -1.14. The van der Waals surface area contributed by atoms with E-state index in [0.717, 1.165) is 5.56 Å². The number of carboxylic acids is 1. The van der Waals surface area contributed by atoms with Gasteiger partial charge in [-0.2, -0.15) is 11.8 Å². The smallest absolute Gasteiger partial charge is 0.326 e. The van der Waals surface area contributed by atoms with E-state index in [9.17, 15) is 29.4 Å². The Balaban J connectivity index is 2.64. The summed E-state index contributed by atoms with van der Waals surface area (Å²) in [6.45, 7) is 0.683. The molecular weight excluding hydrogens is 424 g/mol. The lowest BCUT2D eigenvalue weighted by atomic mass is 10.1. The van der Waals surface area contributed by atoms with Crippen molar-refractivity contribution in [3.05, 3.63) is 35.9 Å². The van der Waals surface area contributed by atoms with Gasteiger partial charge in [0.05, 0.1) is 12.6 Å². The third kappa shape index (κ3) is 9.37. The number of thioether (sulfide) groups is 1. The Morgan fingerprint density at radius 1 is 1.00 bits per heavy atom. The number of benzene rings is 1. The van der Waals surface area contributed by atoms with Crippen LogP contribution in [0.1, 0.15) is 18.9 Å². The van der Waals surface area contributed by atoms with E-state index in [1.54, 1.807) is 30.3 Å². The van der Waals surface area contributed by atoms with Gasteiger partial charge in [0.2, 0.25) is 17.7 Å². The molecule has 1 aromatic rings. The molecule has 3 amide bonds. The number of carbonyl (C=O) groups excluding carboxylic acids is 3. The number of aliphatic hydroxyl groups excluding tert-OH is 1. The number of carboxylic acid groups (broad SMARTS) is 1. The lowest BCUT2D eigenvalue weighted by molar-refractivity contribution is -0.142. The molecule has 4 unspecified atom stereocenters. The van der Waals surface area contributed by atoms with E-state index >= 15 is 0 Å². The summed E-state index contributed by atoms with van der Waals surface area (Å²) in [5.41, 5.74) is 6.47. The number of amides is 3. The minimum absolute atomic E-state index is 0.0752.